The van der Waals surface area contributed by atoms with Crippen molar-refractivity contribution in [1.29, 1.82) is 0 Å². The van der Waals surface area contributed by atoms with Crippen molar-refractivity contribution in [2.45, 2.75) is 13.0 Å². The van der Waals surface area contributed by atoms with Gasteiger partial charge < -0.3 is 14.8 Å². The topological polar surface area (TPSA) is 33.1 Å². The third-order valence-corrected chi connectivity index (χ3v) is 4.17. The molecule has 0 radical (unpaired) electrons. The van der Waals surface area contributed by atoms with Crippen LogP contribution in [0.1, 0.15) is 18.8 Å². The van der Waals surface area contributed by atoms with Gasteiger partial charge in [0.15, 0.2) is 0 Å². The molecule has 0 aliphatic carbocycles. The van der Waals surface area contributed by atoms with E-state index in [1.54, 1.807) is 0 Å². The van der Waals surface area contributed by atoms with E-state index in [0.29, 0.717) is 6.04 Å². The number of aromatic nitrogens is 2. The van der Waals surface area contributed by atoms with E-state index in [2.05, 4.69) is 38.5 Å². The van der Waals surface area contributed by atoms with Crippen LogP contribution in [0, 0.1) is 0 Å². The first-order valence-electron chi connectivity index (χ1n) is 6.28. The zero-order valence-corrected chi connectivity index (χ0v) is 11.5. The van der Waals surface area contributed by atoms with Gasteiger partial charge in [-0.15, -0.1) is 0 Å². The Balaban J connectivity index is 1.69. The zero-order valence-electron chi connectivity index (χ0n) is 10.7. The number of hydrogen-bond acceptors (Lipinski definition) is 4. The molecule has 0 bridgehead atoms. The molecule has 1 aromatic rings. The maximum absolute atomic E-state index is 4.36. The lowest BCUT2D eigenvalue weighted by atomic mass is 10.3. The van der Waals surface area contributed by atoms with Gasteiger partial charge in [0.1, 0.15) is 5.82 Å². The second-order valence-corrected chi connectivity index (χ2v) is 5.75. The second-order valence-electron chi connectivity index (χ2n) is 4.53. The molecule has 0 amide bonds. The van der Waals surface area contributed by atoms with E-state index in [-0.39, 0.29) is 0 Å². The van der Waals surface area contributed by atoms with Crippen molar-refractivity contribution in [2.24, 2.45) is 7.05 Å². The molecule has 4 nitrogen and oxygen atoms in total. The monoisotopic (exact) mass is 254 g/mol. The molecule has 2 rings (SSSR count). The Bertz CT molecular complexity index is 333. The van der Waals surface area contributed by atoms with Gasteiger partial charge in [-0.2, -0.15) is 11.8 Å². The molecule has 0 aromatic carbocycles. The number of imidazole rings is 1. The first-order chi connectivity index (χ1) is 8.27. The Morgan fingerprint density at radius 2 is 2.24 bits per heavy atom. The first-order valence-corrected chi connectivity index (χ1v) is 7.43. The van der Waals surface area contributed by atoms with E-state index in [9.17, 15) is 0 Å². The van der Waals surface area contributed by atoms with Crippen molar-refractivity contribution in [3.05, 3.63) is 18.2 Å². The van der Waals surface area contributed by atoms with Gasteiger partial charge in [0.05, 0.1) is 6.04 Å². The van der Waals surface area contributed by atoms with E-state index in [1.165, 1.54) is 24.6 Å². The predicted molar refractivity (Wildman–Crippen MR) is 73.4 cm³/mol. The van der Waals surface area contributed by atoms with Gasteiger partial charge in [-0.25, -0.2) is 4.98 Å². The Morgan fingerprint density at radius 1 is 1.47 bits per heavy atom. The van der Waals surface area contributed by atoms with Crippen molar-refractivity contribution < 1.29 is 0 Å². The minimum atomic E-state index is 0.328. The molecule has 2 heterocycles. The molecule has 0 saturated carbocycles. The average molecular weight is 254 g/mol. The summed E-state index contributed by atoms with van der Waals surface area (Å²) in [5.74, 6) is 3.68. The van der Waals surface area contributed by atoms with Crippen LogP contribution in [-0.4, -0.2) is 52.1 Å². The highest BCUT2D eigenvalue weighted by molar-refractivity contribution is 7.99. The lowest BCUT2D eigenvalue weighted by molar-refractivity contribution is 0.295. The largest absolute Gasteiger partial charge is 0.337 e. The van der Waals surface area contributed by atoms with Gasteiger partial charge in [0.25, 0.3) is 0 Å². The number of aryl methyl sites for hydroxylation is 1. The second kappa shape index (κ2) is 6.42. The van der Waals surface area contributed by atoms with Crippen molar-refractivity contribution in [1.82, 2.24) is 19.8 Å². The summed E-state index contributed by atoms with van der Waals surface area (Å²) in [6.45, 7) is 6.84. The molecule has 1 aliphatic rings. The number of nitrogens with zero attached hydrogens (tertiary/aromatic N) is 3. The molecule has 17 heavy (non-hydrogen) atoms. The van der Waals surface area contributed by atoms with E-state index in [1.807, 2.05) is 19.4 Å². The van der Waals surface area contributed by atoms with Crippen molar-refractivity contribution in [3.63, 3.8) is 0 Å². The fourth-order valence-corrected chi connectivity index (χ4v) is 3.13. The summed E-state index contributed by atoms with van der Waals surface area (Å²) in [7, 11) is 2.04. The van der Waals surface area contributed by atoms with Gasteiger partial charge in [0.2, 0.25) is 0 Å². The van der Waals surface area contributed by atoms with Crippen LogP contribution in [0.25, 0.3) is 0 Å². The van der Waals surface area contributed by atoms with Gasteiger partial charge in [-0.05, 0) is 6.92 Å². The SMILES string of the molecule is CC(NCCN1CCSCC1)c1nccn1C. The number of nitrogens with one attached hydrogen (secondary N) is 1. The van der Waals surface area contributed by atoms with Crippen LogP contribution < -0.4 is 5.32 Å². The third-order valence-electron chi connectivity index (χ3n) is 3.23. The lowest BCUT2D eigenvalue weighted by Crippen LogP contribution is -2.38. The fourth-order valence-electron chi connectivity index (χ4n) is 2.15. The minimum Gasteiger partial charge on any atom is -0.337 e. The predicted octanol–water partition coefficient (Wildman–Crippen LogP) is 1.12. The maximum atomic E-state index is 4.36. The normalized spacial score (nSPS) is 19.4. The van der Waals surface area contributed by atoms with Crippen LogP contribution in [0.3, 0.4) is 0 Å². The van der Waals surface area contributed by atoms with Crippen LogP contribution in [-0.2, 0) is 7.05 Å². The highest BCUT2D eigenvalue weighted by atomic mass is 32.2. The third kappa shape index (κ3) is 3.72. The summed E-state index contributed by atoms with van der Waals surface area (Å²) in [4.78, 5) is 6.90. The molecule has 96 valence electrons. The Hall–Kier alpha value is -0.520. The van der Waals surface area contributed by atoms with Gasteiger partial charge >= 0.3 is 0 Å². The van der Waals surface area contributed by atoms with E-state index >= 15 is 0 Å². The molecule has 1 atom stereocenters. The van der Waals surface area contributed by atoms with Crippen molar-refractivity contribution >= 4 is 11.8 Å². The van der Waals surface area contributed by atoms with Gasteiger partial charge in [-0.3, -0.25) is 0 Å². The summed E-state index contributed by atoms with van der Waals surface area (Å²) in [5.41, 5.74) is 0. The fraction of sp³-hybridized carbons (Fsp3) is 0.750. The highest BCUT2D eigenvalue weighted by Crippen LogP contribution is 2.10. The molecule has 1 aliphatic heterocycles. The summed E-state index contributed by atoms with van der Waals surface area (Å²) in [5, 5.41) is 3.54. The number of hydrogen-bond donors (Lipinski definition) is 1. The molecule has 1 saturated heterocycles. The molecule has 1 aromatic heterocycles. The molecular weight excluding hydrogens is 232 g/mol. The van der Waals surface area contributed by atoms with Crippen LogP contribution in [0.2, 0.25) is 0 Å². The Morgan fingerprint density at radius 3 is 2.88 bits per heavy atom. The summed E-state index contributed by atoms with van der Waals surface area (Å²) >= 11 is 2.06. The average Bonchev–Trinajstić information content (AvgIpc) is 2.77. The van der Waals surface area contributed by atoms with Crippen LogP contribution in [0.4, 0.5) is 0 Å². The van der Waals surface area contributed by atoms with Crippen molar-refractivity contribution in [3.8, 4) is 0 Å². The molecule has 1 N–H and O–H groups in total. The van der Waals surface area contributed by atoms with Gasteiger partial charge in [0, 0.05) is 57.1 Å². The van der Waals surface area contributed by atoms with E-state index < -0.39 is 0 Å². The number of rotatable bonds is 5. The molecule has 5 heteroatoms. The Labute approximate surface area is 108 Å². The molecule has 1 unspecified atom stereocenters. The highest BCUT2D eigenvalue weighted by Gasteiger charge is 2.12. The maximum Gasteiger partial charge on any atom is 0.125 e. The summed E-state index contributed by atoms with van der Waals surface area (Å²) < 4.78 is 2.08. The van der Waals surface area contributed by atoms with Crippen LogP contribution >= 0.6 is 11.8 Å². The van der Waals surface area contributed by atoms with Crippen molar-refractivity contribution in [2.75, 3.05) is 37.7 Å². The smallest absolute Gasteiger partial charge is 0.125 e. The molecule has 1 fully saturated rings. The first kappa shape index (κ1) is 12.9. The summed E-state index contributed by atoms with van der Waals surface area (Å²) in [6, 6.07) is 0.328. The standard InChI is InChI=1S/C12H22N4S/c1-11(12-14-3-5-15(12)2)13-4-6-16-7-9-17-10-8-16/h3,5,11,13H,4,6-10H2,1-2H3. The lowest BCUT2D eigenvalue weighted by Gasteiger charge is -2.26. The zero-order chi connectivity index (χ0) is 12.1. The van der Waals surface area contributed by atoms with E-state index in [4.69, 9.17) is 0 Å². The minimum absolute atomic E-state index is 0.328. The summed E-state index contributed by atoms with van der Waals surface area (Å²) in [6.07, 6.45) is 3.85. The van der Waals surface area contributed by atoms with E-state index in [0.717, 1.165) is 18.9 Å². The van der Waals surface area contributed by atoms with Gasteiger partial charge in [-0.1, -0.05) is 0 Å². The molecule has 0 spiro atoms. The Kier molecular flexibility index (Phi) is 4.88. The molecular formula is C12H22N4S. The quantitative estimate of drug-likeness (QED) is 0.853. The van der Waals surface area contributed by atoms with Crippen LogP contribution in [0.5, 0.6) is 0 Å². The van der Waals surface area contributed by atoms with Crippen LogP contribution in [0.15, 0.2) is 12.4 Å². The number of thioether (sulfide) groups is 1.